The fourth-order valence-corrected chi connectivity index (χ4v) is 4.46. The summed E-state index contributed by atoms with van der Waals surface area (Å²) in [5, 5.41) is 20.3. The maximum Gasteiger partial charge on any atom is 0.268 e. The third kappa shape index (κ3) is 5.66. The number of nitrogens with zero attached hydrogens (tertiary/aromatic N) is 2. The van der Waals surface area contributed by atoms with E-state index >= 15 is 4.39 Å². The van der Waals surface area contributed by atoms with Crippen molar-refractivity contribution in [1.29, 1.82) is 5.41 Å². The van der Waals surface area contributed by atoms with E-state index in [0.29, 0.717) is 46.1 Å². The highest BCUT2D eigenvalue weighted by atomic mass is 19.1. The molecule has 0 saturated carbocycles. The van der Waals surface area contributed by atoms with Gasteiger partial charge in [0.1, 0.15) is 17.1 Å². The van der Waals surface area contributed by atoms with Gasteiger partial charge in [-0.3, -0.25) is 19.3 Å². The van der Waals surface area contributed by atoms with E-state index < -0.39 is 23.1 Å². The number of amides is 1. The van der Waals surface area contributed by atoms with E-state index in [9.17, 15) is 14.0 Å². The Hall–Kier alpha value is -5.58. The predicted molar refractivity (Wildman–Crippen MR) is 157 cm³/mol. The number of benzene rings is 3. The molecule has 2 aromatic heterocycles. The molecule has 5 aromatic rings. The number of aryl methyl sites for hydroxylation is 1. The molecule has 0 unspecified atom stereocenters. The zero-order chi connectivity index (χ0) is 29.8. The van der Waals surface area contributed by atoms with E-state index in [4.69, 9.17) is 10.1 Å². The van der Waals surface area contributed by atoms with Crippen molar-refractivity contribution in [3.05, 3.63) is 118 Å². The van der Waals surface area contributed by atoms with E-state index in [0.717, 1.165) is 6.07 Å². The molecule has 212 valence electrons. The maximum absolute atomic E-state index is 15.2. The molecule has 5 rings (SSSR count). The normalized spacial score (nSPS) is 10.8. The summed E-state index contributed by atoms with van der Waals surface area (Å²) in [6, 6.07) is 15.6. The molecule has 0 spiro atoms. The molecule has 0 aliphatic carbocycles. The molecule has 9 nitrogen and oxygen atoms in total. The Morgan fingerprint density at radius 3 is 2.52 bits per heavy atom. The van der Waals surface area contributed by atoms with Crippen LogP contribution >= 0.6 is 0 Å². The number of aromatic amines is 1. The molecule has 0 saturated heterocycles. The Morgan fingerprint density at radius 2 is 1.86 bits per heavy atom. The Labute approximate surface area is 239 Å². The molecule has 42 heavy (non-hydrogen) atoms. The predicted octanol–water partition coefficient (Wildman–Crippen LogP) is 6.29. The molecular formula is C31H26F2N6O3. The lowest BCUT2D eigenvalue weighted by Gasteiger charge is -2.16. The summed E-state index contributed by atoms with van der Waals surface area (Å²) >= 11 is 0. The lowest BCUT2D eigenvalue weighted by atomic mass is 10.0. The molecule has 2 heterocycles. The largest absolute Gasteiger partial charge is 0.454 e. The molecule has 11 heteroatoms. The van der Waals surface area contributed by atoms with Crippen LogP contribution in [0.4, 0.5) is 20.2 Å². The van der Waals surface area contributed by atoms with Gasteiger partial charge in [0, 0.05) is 64.5 Å². The number of H-pyrrole nitrogens is 1. The van der Waals surface area contributed by atoms with E-state index in [1.807, 2.05) is 6.92 Å². The van der Waals surface area contributed by atoms with Crippen LogP contribution in [0.1, 0.15) is 28.5 Å². The van der Waals surface area contributed by atoms with Crippen molar-refractivity contribution in [2.45, 2.75) is 13.8 Å². The standard InChI is InChI=1S/C31H26F2N6O3/c1-3-35-27-14-25(20-16-36-37-17-20)29(12-19(27)15-34)42-28-11-7-22(13-26(28)33)38-30(40)24-10-4-18(2)39(31(24)41)23-8-5-21(32)6-9-23/h4-17,34-35H,3H2,1-2H3,(H,36,37)(H,38,40). The van der Waals surface area contributed by atoms with E-state index in [2.05, 4.69) is 20.8 Å². The van der Waals surface area contributed by atoms with Gasteiger partial charge < -0.3 is 20.8 Å². The molecule has 1 amide bonds. The molecule has 3 aromatic carbocycles. The quantitative estimate of drug-likeness (QED) is 0.156. The van der Waals surface area contributed by atoms with Crippen LogP contribution in [0, 0.1) is 24.0 Å². The molecule has 0 atom stereocenters. The molecule has 0 radical (unpaired) electrons. The Morgan fingerprint density at radius 1 is 1.07 bits per heavy atom. The SMILES string of the molecule is CCNc1cc(-c2cn[nH]c2)c(Oc2ccc(NC(=O)c3ccc(C)n(-c4ccc(F)cc4)c3=O)cc2F)cc1C=N. The van der Waals surface area contributed by atoms with E-state index in [1.54, 1.807) is 37.5 Å². The number of ether oxygens (including phenoxy) is 1. The maximum atomic E-state index is 15.2. The van der Waals surface area contributed by atoms with Gasteiger partial charge in [0.05, 0.1) is 6.20 Å². The van der Waals surface area contributed by atoms with Crippen molar-refractivity contribution in [3.63, 3.8) is 0 Å². The highest BCUT2D eigenvalue weighted by Gasteiger charge is 2.18. The van der Waals surface area contributed by atoms with Gasteiger partial charge >= 0.3 is 0 Å². The van der Waals surface area contributed by atoms with Gasteiger partial charge in [0.15, 0.2) is 11.6 Å². The zero-order valence-corrected chi connectivity index (χ0v) is 22.7. The summed E-state index contributed by atoms with van der Waals surface area (Å²) in [7, 11) is 0. The van der Waals surface area contributed by atoms with Crippen molar-refractivity contribution in [2.75, 3.05) is 17.2 Å². The number of hydrogen-bond donors (Lipinski definition) is 4. The average Bonchev–Trinajstić information content (AvgIpc) is 3.51. The third-order valence-electron chi connectivity index (χ3n) is 6.50. The first-order chi connectivity index (χ1) is 20.3. The first-order valence-electron chi connectivity index (χ1n) is 13.0. The van der Waals surface area contributed by atoms with Gasteiger partial charge in [0.2, 0.25) is 0 Å². The fourth-order valence-electron chi connectivity index (χ4n) is 4.46. The van der Waals surface area contributed by atoms with Crippen LogP contribution in [0.15, 0.2) is 83.9 Å². The number of pyridine rings is 1. The van der Waals surface area contributed by atoms with Gasteiger partial charge in [0.25, 0.3) is 11.5 Å². The van der Waals surface area contributed by atoms with E-state index in [-0.39, 0.29) is 17.0 Å². The van der Waals surface area contributed by atoms with Crippen molar-refractivity contribution < 1.29 is 18.3 Å². The molecule has 0 bridgehead atoms. The van der Waals surface area contributed by atoms with Crippen molar-refractivity contribution >= 4 is 23.5 Å². The number of nitrogens with one attached hydrogen (secondary N) is 4. The minimum absolute atomic E-state index is 0.107. The van der Waals surface area contributed by atoms with Gasteiger partial charge in [-0.25, -0.2) is 8.78 Å². The summed E-state index contributed by atoms with van der Waals surface area (Å²) in [6.07, 6.45) is 4.45. The van der Waals surface area contributed by atoms with Gasteiger partial charge in [-0.15, -0.1) is 0 Å². The Balaban J connectivity index is 1.41. The Kier molecular flexibility index (Phi) is 7.91. The topological polar surface area (TPSA) is 125 Å². The molecule has 0 aliphatic heterocycles. The molecule has 4 N–H and O–H groups in total. The summed E-state index contributed by atoms with van der Waals surface area (Å²) in [6.45, 7) is 4.26. The van der Waals surface area contributed by atoms with Crippen LogP contribution in [0.3, 0.4) is 0 Å². The molecule has 0 fully saturated rings. The number of carbonyl (C=O) groups is 1. The minimum atomic E-state index is -0.759. The average molecular weight is 569 g/mol. The highest BCUT2D eigenvalue weighted by molar-refractivity contribution is 6.04. The second-order valence-electron chi connectivity index (χ2n) is 9.30. The van der Waals surface area contributed by atoms with Gasteiger partial charge in [-0.05, 0) is 74.5 Å². The number of carbonyl (C=O) groups excluding carboxylic acids is 1. The number of hydrogen-bond acceptors (Lipinski definition) is 6. The summed E-state index contributed by atoms with van der Waals surface area (Å²) < 4.78 is 35.9. The van der Waals surface area contributed by atoms with Crippen LogP contribution in [0.25, 0.3) is 16.8 Å². The lowest BCUT2D eigenvalue weighted by Crippen LogP contribution is -2.29. The molecular weight excluding hydrogens is 542 g/mol. The first-order valence-corrected chi connectivity index (χ1v) is 13.0. The third-order valence-corrected chi connectivity index (χ3v) is 6.50. The number of anilines is 2. The van der Waals surface area contributed by atoms with Crippen LogP contribution in [0.5, 0.6) is 11.5 Å². The Bertz CT molecular complexity index is 1830. The summed E-state index contributed by atoms with van der Waals surface area (Å²) in [5.74, 6) is -1.76. The van der Waals surface area contributed by atoms with Crippen molar-refractivity contribution in [2.24, 2.45) is 0 Å². The van der Waals surface area contributed by atoms with Crippen molar-refractivity contribution in [1.82, 2.24) is 14.8 Å². The van der Waals surface area contributed by atoms with Gasteiger partial charge in [-0.2, -0.15) is 5.10 Å². The summed E-state index contributed by atoms with van der Waals surface area (Å²) in [5.41, 5.74) is 2.88. The molecule has 0 aliphatic rings. The highest BCUT2D eigenvalue weighted by Crippen LogP contribution is 2.38. The number of halogens is 2. The van der Waals surface area contributed by atoms with E-state index in [1.165, 1.54) is 53.2 Å². The summed E-state index contributed by atoms with van der Waals surface area (Å²) in [4.78, 5) is 26.2. The van der Waals surface area contributed by atoms with Crippen LogP contribution < -0.4 is 20.9 Å². The fraction of sp³-hybridized carbons (Fsp3) is 0.0968. The zero-order valence-electron chi connectivity index (χ0n) is 22.7. The second-order valence-corrected chi connectivity index (χ2v) is 9.30. The van der Waals surface area contributed by atoms with Crippen molar-refractivity contribution in [3.8, 4) is 28.3 Å². The van der Waals surface area contributed by atoms with Crippen LogP contribution in [0.2, 0.25) is 0 Å². The monoisotopic (exact) mass is 568 g/mol. The van der Waals surface area contributed by atoms with Gasteiger partial charge in [-0.1, -0.05) is 0 Å². The lowest BCUT2D eigenvalue weighted by molar-refractivity contribution is 0.102. The number of aromatic nitrogens is 3. The number of rotatable bonds is 9. The van der Waals surface area contributed by atoms with Crippen LogP contribution in [-0.4, -0.2) is 33.4 Å². The van der Waals surface area contributed by atoms with Crippen LogP contribution in [-0.2, 0) is 0 Å². The first kappa shape index (κ1) is 28.0. The smallest absolute Gasteiger partial charge is 0.268 e. The minimum Gasteiger partial charge on any atom is -0.454 e. The second kappa shape index (κ2) is 11.9.